The first kappa shape index (κ1) is 16.1. The van der Waals surface area contributed by atoms with Gasteiger partial charge in [0, 0.05) is 18.3 Å². The van der Waals surface area contributed by atoms with Crippen molar-refractivity contribution < 1.29 is 13.5 Å². The number of rotatable bonds is 6. The summed E-state index contributed by atoms with van der Waals surface area (Å²) in [5, 5.41) is 9.27. The maximum Gasteiger partial charge on any atom is 0.242 e. The Morgan fingerprint density at radius 2 is 2.05 bits per heavy atom. The van der Waals surface area contributed by atoms with Crippen molar-refractivity contribution in [1.82, 2.24) is 4.72 Å². The lowest BCUT2D eigenvalue weighted by atomic mass is 10.1. The minimum absolute atomic E-state index is 0.0625. The average Bonchev–Trinajstić information content (AvgIpc) is 2.98. The number of sulfonamides is 1. The van der Waals surface area contributed by atoms with Gasteiger partial charge in [0.2, 0.25) is 10.0 Å². The molecule has 0 atom stereocenters. The topological polar surface area (TPSA) is 95.7 Å². The van der Waals surface area contributed by atoms with Gasteiger partial charge >= 0.3 is 0 Å². The molecule has 1 aliphatic rings. The molecule has 2 rings (SSSR count). The molecule has 0 radical (unpaired) electrons. The van der Waals surface area contributed by atoms with Crippen LogP contribution in [0.1, 0.15) is 25.7 Å². The first-order chi connectivity index (χ1) is 9.99. The molecular weight excluding hydrogens is 290 g/mol. The fraction of sp³-hybridized carbons (Fsp3) is 0.571. The van der Waals surface area contributed by atoms with Crippen LogP contribution in [0.25, 0.3) is 0 Å². The number of hydrogen-bond donors (Lipinski definition) is 3. The zero-order chi connectivity index (χ0) is 15.5. The highest BCUT2D eigenvalue weighted by Crippen LogP contribution is 2.31. The Morgan fingerprint density at radius 3 is 2.57 bits per heavy atom. The van der Waals surface area contributed by atoms with Crippen molar-refractivity contribution in [2.24, 2.45) is 0 Å². The van der Waals surface area contributed by atoms with E-state index in [1.807, 2.05) is 0 Å². The van der Waals surface area contributed by atoms with Gasteiger partial charge in [0.1, 0.15) is 4.90 Å². The number of hydrogen-bond acceptors (Lipinski definition) is 5. The van der Waals surface area contributed by atoms with E-state index in [0.29, 0.717) is 12.6 Å². The predicted molar refractivity (Wildman–Crippen MR) is 83.8 cm³/mol. The molecule has 0 unspecified atom stereocenters. The highest BCUT2D eigenvalue weighted by Gasteiger charge is 2.24. The second kappa shape index (κ2) is 6.64. The molecule has 21 heavy (non-hydrogen) atoms. The maximum atomic E-state index is 11.8. The summed E-state index contributed by atoms with van der Waals surface area (Å²) in [4.78, 5) is 2.21. The molecule has 1 aromatic carbocycles. The van der Waals surface area contributed by atoms with Gasteiger partial charge < -0.3 is 15.7 Å². The molecule has 0 aliphatic heterocycles. The highest BCUT2D eigenvalue weighted by atomic mass is 32.2. The van der Waals surface area contributed by atoms with E-state index in [9.17, 15) is 13.5 Å². The van der Waals surface area contributed by atoms with Crippen LogP contribution in [0.4, 0.5) is 11.4 Å². The summed E-state index contributed by atoms with van der Waals surface area (Å²) < 4.78 is 25.9. The third-order valence-electron chi connectivity index (χ3n) is 3.99. The SMILES string of the molecule is CNS(=O)(=O)c1ccc(N(CCO)C2CCCC2)cc1N. The summed E-state index contributed by atoms with van der Waals surface area (Å²) in [5.74, 6) is 0. The van der Waals surface area contributed by atoms with Gasteiger partial charge in [-0.2, -0.15) is 0 Å². The maximum absolute atomic E-state index is 11.8. The van der Waals surface area contributed by atoms with Crippen molar-refractivity contribution in [3.8, 4) is 0 Å². The van der Waals surface area contributed by atoms with E-state index in [2.05, 4.69) is 9.62 Å². The number of benzene rings is 1. The molecular formula is C14H23N3O3S. The van der Waals surface area contributed by atoms with E-state index in [-0.39, 0.29) is 17.2 Å². The summed E-state index contributed by atoms with van der Waals surface area (Å²) in [6, 6.07) is 5.35. The molecule has 118 valence electrons. The molecule has 1 aliphatic carbocycles. The fourth-order valence-electron chi connectivity index (χ4n) is 2.92. The Hall–Kier alpha value is -1.31. The molecule has 6 nitrogen and oxygen atoms in total. The van der Waals surface area contributed by atoms with E-state index < -0.39 is 10.0 Å². The number of nitrogens with one attached hydrogen (secondary N) is 1. The van der Waals surface area contributed by atoms with E-state index in [1.54, 1.807) is 12.1 Å². The van der Waals surface area contributed by atoms with Crippen LogP contribution < -0.4 is 15.4 Å². The Labute approximate surface area is 126 Å². The van der Waals surface area contributed by atoms with Crippen LogP contribution in [-0.4, -0.2) is 39.8 Å². The standard InChI is InChI=1S/C14H23N3O3S/c1-16-21(19,20)14-7-6-12(10-13(14)15)17(8-9-18)11-4-2-3-5-11/h6-7,10-11,16,18H,2-5,8-9,15H2,1H3. The normalized spacial score (nSPS) is 16.3. The average molecular weight is 313 g/mol. The van der Waals surface area contributed by atoms with Gasteiger partial charge in [-0.05, 0) is 38.1 Å². The molecule has 4 N–H and O–H groups in total. The summed E-state index contributed by atoms with van der Waals surface area (Å²) in [5.41, 5.74) is 7.00. The largest absolute Gasteiger partial charge is 0.398 e. The first-order valence-corrected chi connectivity index (χ1v) is 8.68. The minimum Gasteiger partial charge on any atom is -0.398 e. The zero-order valence-electron chi connectivity index (χ0n) is 12.2. The van der Waals surface area contributed by atoms with E-state index in [1.165, 1.54) is 26.0 Å². The van der Waals surface area contributed by atoms with Gasteiger partial charge in [-0.15, -0.1) is 0 Å². The van der Waals surface area contributed by atoms with Crippen molar-refractivity contribution in [2.75, 3.05) is 30.8 Å². The Morgan fingerprint density at radius 1 is 1.38 bits per heavy atom. The second-order valence-electron chi connectivity index (χ2n) is 5.28. The summed E-state index contributed by atoms with van der Waals surface area (Å²) in [7, 11) is -2.19. The van der Waals surface area contributed by atoms with E-state index >= 15 is 0 Å². The number of aliphatic hydroxyl groups is 1. The smallest absolute Gasteiger partial charge is 0.242 e. The van der Waals surface area contributed by atoms with Crippen LogP contribution in [0.3, 0.4) is 0 Å². The predicted octanol–water partition coefficient (Wildman–Crippen LogP) is 0.918. The number of nitrogens with zero attached hydrogens (tertiary/aromatic N) is 1. The van der Waals surface area contributed by atoms with Crippen molar-refractivity contribution >= 4 is 21.4 Å². The molecule has 1 saturated carbocycles. The third-order valence-corrected chi connectivity index (χ3v) is 5.48. The monoisotopic (exact) mass is 313 g/mol. The van der Waals surface area contributed by atoms with Gasteiger partial charge in [-0.3, -0.25) is 0 Å². The van der Waals surface area contributed by atoms with Crippen LogP contribution in [-0.2, 0) is 10.0 Å². The Bertz CT molecular complexity index is 583. The first-order valence-electron chi connectivity index (χ1n) is 7.20. The van der Waals surface area contributed by atoms with Gasteiger partial charge in [0.25, 0.3) is 0 Å². The molecule has 0 aromatic heterocycles. The van der Waals surface area contributed by atoms with Crippen LogP contribution in [0.5, 0.6) is 0 Å². The molecule has 0 bridgehead atoms. The van der Waals surface area contributed by atoms with Crippen LogP contribution in [0, 0.1) is 0 Å². The van der Waals surface area contributed by atoms with Crippen molar-refractivity contribution in [3.63, 3.8) is 0 Å². The lowest BCUT2D eigenvalue weighted by molar-refractivity contribution is 0.297. The van der Waals surface area contributed by atoms with E-state index in [0.717, 1.165) is 18.5 Å². The van der Waals surface area contributed by atoms with Crippen molar-refractivity contribution in [3.05, 3.63) is 18.2 Å². The van der Waals surface area contributed by atoms with Gasteiger partial charge in [0.15, 0.2) is 0 Å². The summed E-state index contributed by atoms with van der Waals surface area (Å²) >= 11 is 0. The Balaban J connectivity index is 2.32. The quantitative estimate of drug-likeness (QED) is 0.679. The zero-order valence-corrected chi connectivity index (χ0v) is 13.1. The molecule has 1 fully saturated rings. The highest BCUT2D eigenvalue weighted by molar-refractivity contribution is 7.89. The minimum atomic E-state index is -3.55. The number of nitrogen functional groups attached to an aromatic ring is 1. The molecule has 7 heteroatoms. The molecule has 0 saturated heterocycles. The molecule has 0 heterocycles. The van der Waals surface area contributed by atoms with Crippen molar-refractivity contribution in [1.29, 1.82) is 0 Å². The van der Waals surface area contributed by atoms with Gasteiger partial charge in [-0.1, -0.05) is 12.8 Å². The number of aliphatic hydroxyl groups excluding tert-OH is 1. The van der Waals surface area contributed by atoms with Crippen LogP contribution in [0.2, 0.25) is 0 Å². The Kier molecular flexibility index (Phi) is 5.08. The lowest BCUT2D eigenvalue weighted by Gasteiger charge is -2.31. The number of anilines is 2. The molecule has 0 spiro atoms. The summed E-state index contributed by atoms with van der Waals surface area (Å²) in [6.45, 7) is 0.592. The van der Waals surface area contributed by atoms with Crippen LogP contribution in [0.15, 0.2) is 23.1 Å². The third kappa shape index (κ3) is 3.48. The van der Waals surface area contributed by atoms with Gasteiger partial charge in [-0.25, -0.2) is 13.1 Å². The lowest BCUT2D eigenvalue weighted by Crippen LogP contribution is -2.35. The van der Waals surface area contributed by atoms with Crippen molar-refractivity contribution in [2.45, 2.75) is 36.6 Å². The molecule has 0 amide bonds. The van der Waals surface area contributed by atoms with E-state index in [4.69, 9.17) is 5.73 Å². The fourth-order valence-corrected chi connectivity index (χ4v) is 3.75. The van der Waals surface area contributed by atoms with Gasteiger partial charge in [0.05, 0.1) is 12.3 Å². The second-order valence-corrected chi connectivity index (χ2v) is 7.14. The summed E-state index contributed by atoms with van der Waals surface area (Å²) in [6.07, 6.45) is 4.57. The van der Waals surface area contributed by atoms with Crippen LogP contribution >= 0.6 is 0 Å². The number of nitrogens with two attached hydrogens (primary N) is 1. The molecule has 1 aromatic rings.